The van der Waals surface area contributed by atoms with Gasteiger partial charge in [-0.2, -0.15) is 0 Å². The molecule has 1 heterocycles. The number of hydrogen-bond acceptors (Lipinski definition) is 2. The number of hydrogen-bond donors (Lipinski definition) is 1. The average molecular weight is 449 g/mol. The largest absolute Gasteiger partial charge is 0.382 e. The lowest BCUT2D eigenvalue weighted by Gasteiger charge is -2.28. The standard InChI is InChI=1S/C31H48N2/c1-19(2)25-14-12-15-26(20(3)4)29(25)32-23(9)18-31(11)24(10)33(31)30-27(21(5)6)16-13-17-28(30)22(7)8/h12-17,19-24,32H,18H2,1-11H3/t23?,24?,31-,33?/m0/s1. The molecule has 0 aliphatic carbocycles. The first-order valence-electron chi connectivity index (χ1n) is 13.2. The Morgan fingerprint density at radius 2 is 1.12 bits per heavy atom. The van der Waals surface area contributed by atoms with Crippen LogP contribution >= 0.6 is 0 Å². The number of para-hydroxylation sites is 2. The number of anilines is 2. The van der Waals surface area contributed by atoms with Gasteiger partial charge in [0.15, 0.2) is 0 Å². The molecule has 182 valence electrons. The molecule has 3 rings (SSSR count). The van der Waals surface area contributed by atoms with E-state index in [9.17, 15) is 0 Å². The van der Waals surface area contributed by atoms with E-state index < -0.39 is 0 Å². The van der Waals surface area contributed by atoms with Crippen LogP contribution in [-0.4, -0.2) is 17.6 Å². The van der Waals surface area contributed by atoms with Gasteiger partial charge in [0.05, 0.1) is 5.54 Å². The molecule has 1 aliphatic rings. The monoisotopic (exact) mass is 448 g/mol. The van der Waals surface area contributed by atoms with Gasteiger partial charge in [-0.25, -0.2) is 0 Å². The van der Waals surface area contributed by atoms with Crippen molar-refractivity contribution in [2.24, 2.45) is 0 Å². The molecule has 2 aromatic rings. The number of rotatable bonds is 9. The summed E-state index contributed by atoms with van der Waals surface area (Å²) in [6.45, 7) is 25.8. The maximum Gasteiger partial charge on any atom is 0.0598 e. The van der Waals surface area contributed by atoms with Crippen molar-refractivity contribution in [3.63, 3.8) is 0 Å². The molecule has 2 nitrogen and oxygen atoms in total. The summed E-state index contributed by atoms with van der Waals surface area (Å²) in [5.41, 5.74) is 8.89. The fourth-order valence-electron chi connectivity index (χ4n) is 5.75. The lowest BCUT2D eigenvalue weighted by Crippen LogP contribution is -2.28. The first-order chi connectivity index (χ1) is 15.4. The molecule has 2 heteroatoms. The number of nitrogens with one attached hydrogen (secondary N) is 1. The molecule has 33 heavy (non-hydrogen) atoms. The SMILES string of the molecule is CC(C[C@@]1(C)C(C)N1c1c(C(C)C)cccc1C(C)C)Nc1c(C(C)C)cccc1C(C)C. The third kappa shape index (κ3) is 4.96. The Morgan fingerprint density at radius 1 is 0.727 bits per heavy atom. The minimum Gasteiger partial charge on any atom is -0.382 e. The molecule has 1 fully saturated rings. The molecule has 2 unspecified atom stereocenters. The van der Waals surface area contributed by atoms with Crippen LogP contribution in [-0.2, 0) is 0 Å². The molecule has 0 aromatic heterocycles. The smallest absolute Gasteiger partial charge is 0.0598 e. The lowest BCUT2D eigenvalue weighted by atomic mass is 9.91. The highest BCUT2D eigenvalue weighted by molar-refractivity contribution is 5.70. The first-order valence-corrected chi connectivity index (χ1v) is 13.2. The van der Waals surface area contributed by atoms with Gasteiger partial charge >= 0.3 is 0 Å². The van der Waals surface area contributed by atoms with Crippen molar-refractivity contribution in [2.45, 2.75) is 124 Å². The summed E-state index contributed by atoms with van der Waals surface area (Å²) in [5.74, 6) is 2.07. The normalized spacial score (nSPS) is 21.4. The molecule has 0 bridgehead atoms. The first kappa shape index (κ1) is 25.7. The second-order valence-corrected chi connectivity index (χ2v) is 11.9. The Morgan fingerprint density at radius 3 is 1.52 bits per heavy atom. The highest BCUT2D eigenvalue weighted by Gasteiger charge is 2.57. The van der Waals surface area contributed by atoms with E-state index in [1.165, 1.54) is 33.6 Å². The Labute approximate surface area is 204 Å². The molecular weight excluding hydrogens is 400 g/mol. The third-order valence-electron chi connectivity index (χ3n) is 7.84. The average Bonchev–Trinajstić information content (AvgIpc) is 3.25. The minimum absolute atomic E-state index is 0.172. The highest BCUT2D eigenvalue weighted by atomic mass is 15.4. The van der Waals surface area contributed by atoms with E-state index in [1.54, 1.807) is 0 Å². The molecule has 2 aromatic carbocycles. The van der Waals surface area contributed by atoms with Crippen molar-refractivity contribution in [1.29, 1.82) is 0 Å². The van der Waals surface area contributed by atoms with E-state index >= 15 is 0 Å². The van der Waals surface area contributed by atoms with Crippen molar-refractivity contribution >= 4 is 11.4 Å². The van der Waals surface area contributed by atoms with Gasteiger partial charge in [-0.05, 0) is 73.1 Å². The van der Waals surface area contributed by atoms with E-state index in [0.717, 1.165) is 6.42 Å². The van der Waals surface area contributed by atoms with Crippen LogP contribution in [0, 0.1) is 0 Å². The van der Waals surface area contributed by atoms with E-state index in [4.69, 9.17) is 0 Å². The maximum absolute atomic E-state index is 3.98. The van der Waals surface area contributed by atoms with Crippen LogP contribution < -0.4 is 10.2 Å². The van der Waals surface area contributed by atoms with Gasteiger partial charge in [0, 0.05) is 23.5 Å². The van der Waals surface area contributed by atoms with Crippen LogP contribution in [0.25, 0.3) is 0 Å². The van der Waals surface area contributed by atoms with Crippen molar-refractivity contribution < 1.29 is 0 Å². The van der Waals surface area contributed by atoms with Gasteiger partial charge in [0.25, 0.3) is 0 Å². The minimum atomic E-state index is 0.172. The maximum atomic E-state index is 3.98. The lowest BCUT2D eigenvalue weighted by molar-refractivity contribution is 0.565. The van der Waals surface area contributed by atoms with Crippen LogP contribution in [0.3, 0.4) is 0 Å². The third-order valence-corrected chi connectivity index (χ3v) is 7.84. The number of nitrogens with zero attached hydrogens (tertiary/aromatic N) is 1. The van der Waals surface area contributed by atoms with Crippen LogP contribution in [0.15, 0.2) is 36.4 Å². The van der Waals surface area contributed by atoms with E-state index in [-0.39, 0.29) is 5.54 Å². The van der Waals surface area contributed by atoms with Gasteiger partial charge in [-0.3, -0.25) is 0 Å². The zero-order chi connectivity index (χ0) is 24.7. The fraction of sp³-hybridized carbons (Fsp3) is 0.613. The van der Waals surface area contributed by atoms with E-state index in [1.807, 2.05) is 0 Å². The van der Waals surface area contributed by atoms with Crippen LogP contribution in [0.2, 0.25) is 0 Å². The molecule has 0 amide bonds. The van der Waals surface area contributed by atoms with E-state index in [2.05, 4.69) is 123 Å². The van der Waals surface area contributed by atoms with Crippen LogP contribution in [0.1, 0.15) is 129 Å². The van der Waals surface area contributed by atoms with Crippen molar-refractivity contribution in [3.8, 4) is 0 Å². The summed E-state index contributed by atoms with van der Waals surface area (Å²) >= 11 is 0. The molecule has 1 N–H and O–H groups in total. The zero-order valence-electron chi connectivity index (χ0n) is 23.1. The molecule has 0 spiro atoms. The van der Waals surface area contributed by atoms with Crippen molar-refractivity contribution in [1.82, 2.24) is 0 Å². The second-order valence-electron chi connectivity index (χ2n) is 11.9. The molecule has 0 saturated carbocycles. The molecule has 3 atom stereocenters. The Kier molecular flexibility index (Phi) is 7.56. The van der Waals surface area contributed by atoms with Crippen molar-refractivity contribution in [2.75, 3.05) is 10.2 Å². The van der Waals surface area contributed by atoms with Crippen LogP contribution in [0.4, 0.5) is 11.4 Å². The molecule has 1 saturated heterocycles. The van der Waals surface area contributed by atoms with Crippen LogP contribution in [0.5, 0.6) is 0 Å². The van der Waals surface area contributed by atoms with Crippen molar-refractivity contribution in [3.05, 3.63) is 58.7 Å². The van der Waals surface area contributed by atoms with Gasteiger partial charge in [-0.1, -0.05) is 91.8 Å². The summed E-state index contributed by atoms with van der Waals surface area (Å²) < 4.78 is 0. The summed E-state index contributed by atoms with van der Waals surface area (Å²) in [4.78, 5) is 2.72. The predicted octanol–water partition coefficient (Wildman–Crippen LogP) is 9.04. The highest BCUT2D eigenvalue weighted by Crippen LogP contribution is 2.52. The van der Waals surface area contributed by atoms with Gasteiger partial charge in [-0.15, -0.1) is 0 Å². The summed E-state index contributed by atoms with van der Waals surface area (Å²) in [7, 11) is 0. The topological polar surface area (TPSA) is 15.0 Å². The van der Waals surface area contributed by atoms with E-state index in [0.29, 0.717) is 35.8 Å². The molecular formula is C31H48N2. The quantitative estimate of drug-likeness (QED) is 0.385. The molecule has 1 aliphatic heterocycles. The summed E-state index contributed by atoms with van der Waals surface area (Å²) in [6, 6.07) is 14.7. The summed E-state index contributed by atoms with van der Waals surface area (Å²) in [6.07, 6.45) is 1.13. The van der Waals surface area contributed by atoms with Gasteiger partial charge in [0.1, 0.15) is 0 Å². The zero-order valence-corrected chi connectivity index (χ0v) is 23.1. The summed E-state index contributed by atoms with van der Waals surface area (Å²) in [5, 5.41) is 3.98. The Balaban J connectivity index is 1.90. The number of benzene rings is 2. The van der Waals surface area contributed by atoms with Gasteiger partial charge < -0.3 is 10.2 Å². The predicted molar refractivity (Wildman–Crippen MR) is 147 cm³/mol. The molecule has 0 radical (unpaired) electrons. The Bertz CT molecular complexity index is 903. The second kappa shape index (κ2) is 9.72. The van der Waals surface area contributed by atoms with Gasteiger partial charge in [0.2, 0.25) is 0 Å². The fourth-order valence-corrected chi connectivity index (χ4v) is 5.75. The Hall–Kier alpha value is -1.96.